The number of hydrogen-bond acceptors (Lipinski definition) is 2. The fraction of sp³-hybridized carbons (Fsp3) is 0.471. The van der Waals surface area contributed by atoms with Gasteiger partial charge in [-0.1, -0.05) is 18.2 Å². The number of guanidine groups is 1. The lowest BCUT2D eigenvalue weighted by molar-refractivity contribution is 0.464. The molecule has 4 nitrogen and oxygen atoms in total. The standard InChI is InChI=1S/C17H27N3O/c1-5-6-7-12-20(4)17(19-14-15(2)3)18-11-10-16-9-8-13-21-16/h5,8-9,13H,1-2,6-7,10-12,14H2,3-4H3,(H,18,19). The molecule has 0 saturated carbocycles. The predicted molar refractivity (Wildman–Crippen MR) is 89.6 cm³/mol. The average molecular weight is 289 g/mol. The van der Waals surface area contributed by atoms with E-state index in [1.807, 2.05) is 25.1 Å². The molecule has 0 aliphatic carbocycles. The minimum absolute atomic E-state index is 0.648. The number of allylic oxidation sites excluding steroid dienone is 1. The van der Waals surface area contributed by atoms with E-state index >= 15 is 0 Å². The van der Waals surface area contributed by atoms with Crippen LogP contribution >= 0.6 is 0 Å². The van der Waals surface area contributed by atoms with Crippen molar-refractivity contribution in [2.45, 2.75) is 26.2 Å². The van der Waals surface area contributed by atoms with E-state index in [0.29, 0.717) is 6.54 Å². The Hall–Kier alpha value is -1.97. The molecule has 0 saturated heterocycles. The maximum absolute atomic E-state index is 5.33. The average Bonchev–Trinajstić information content (AvgIpc) is 2.95. The van der Waals surface area contributed by atoms with E-state index in [-0.39, 0.29) is 0 Å². The van der Waals surface area contributed by atoms with Crippen molar-refractivity contribution in [3.8, 4) is 0 Å². The van der Waals surface area contributed by atoms with Crippen LogP contribution in [-0.2, 0) is 6.42 Å². The third-order valence-corrected chi connectivity index (χ3v) is 3.00. The molecule has 0 aliphatic heterocycles. The van der Waals surface area contributed by atoms with Gasteiger partial charge >= 0.3 is 0 Å². The van der Waals surface area contributed by atoms with Crippen LogP contribution in [0.5, 0.6) is 0 Å². The van der Waals surface area contributed by atoms with Gasteiger partial charge in [0.15, 0.2) is 5.96 Å². The van der Waals surface area contributed by atoms with E-state index in [0.717, 1.165) is 49.6 Å². The zero-order valence-electron chi connectivity index (χ0n) is 13.3. The second-order valence-corrected chi connectivity index (χ2v) is 5.21. The van der Waals surface area contributed by atoms with Gasteiger partial charge in [0.25, 0.3) is 0 Å². The minimum atomic E-state index is 0.648. The molecule has 1 aromatic heterocycles. The fourth-order valence-corrected chi connectivity index (χ4v) is 1.85. The van der Waals surface area contributed by atoms with E-state index in [4.69, 9.17) is 4.42 Å². The quantitative estimate of drug-likeness (QED) is 0.328. The van der Waals surface area contributed by atoms with E-state index < -0.39 is 0 Å². The zero-order valence-corrected chi connectivity index (χ0v) is 13.3. The molecular weight excluding hydrogens is 262 g/mol. The highest BCUT2D eigenvalue weighted by molar-refractivity contribution is 5.79. The Balaban J connectivity index is 2.48. The van der Waals surface area contributed by atoms with E-state index in [1.165, 1.54) is 0 Å². The lowest BCUT2D eigenvalue weighted by Crippen LogP contribution is -2.40. The minimum Gasteiger partial charge on any atom is -0.469 e. The molecule has 116 valence electrons. The zero-order chi connectivity index (χ0) is 15.5. The molecule has 1 rings (SSSR count). The van der Waals surface area contributed by atoms with Gasteiger partial charge in [-0.25, -0.2) is 4.99 Å². The molecule has 0 amide bonds. The van der Waals surface area contributed by atoms with Crippen molar-refractivity contribution < 1.29 is 4.42 Å². The summed E-state index contributed by atoms with van der Waals surface area (Å²) >= 11 is 0. The smallest absolute Gasteiger partial charge is 0.193 e. The first-order valence-electron chi connectivity index (χ1n) is 7.40. The third kappa shape index (κ3) is 7.40. The second-order valence-electron chi connectivity index (χ2n) is 5.21. The van der Waals surface area contributed by atoms with Crippen LogP contribution < -0.4 is 5.32 Å². The summed E-state index contributed by atoms with van der Waals surface area (Å²) in [5.41, 5.74) is 1.06. The van der Waals surface area contributed by atoms with Gasteiger partial charge in [-0.15, -0.1) is 6.58 Å². The second kappa shape index (κ2) is 9.86. The van der Waals surface area contributed by atoms with Crippen LogP contribution in [0.3, 0.4) is 0 Å². The predicted octanol–water partition coefficient (Wildman–Crippen LogP) is 3.24. The van der Waals surface area contributed by atoms with Gasteiger partial charge in [0.1, 0.15) is 5.76 Å². The highest BCUT2D eigenvalue weighted by Crippen LogP contribution is 2.00. The molecule has 0 radical (unpaired) electrons. The number of nitrogens with zero attached hydrogens (tertiary/aromatic N) is 2. The van der Waals surface area contributed by atoms with Gasteiger partial charge in [0, 0.05) is 26.6 Å². The monoisotopic (exact) mass is 289 g/mol. The van der Waals surface area contributed by atoms with Crippen molar-refractivity contribution in [3.63, 3.8) is 0 Å². The van der Waals surface area contributed by atoms with Crippen LogP contribution in [0.1, 0.15) is 25.5 Å². The number of aliphatic imine (C=N–C) groups is 1. The van der Waals surface area contributed by atoms with Crippen LogP contribution in [-0.4, -0.2) is 37.5 Å². The number of furan rings is 1. The molecule has 1 heterocycles. The number of rotatable bonds is 9. The molecule has 0 aliphatic rings. The molecule has 0 fully saturated rings. The third-order valence-electron chi connectivity index (χ3n) is 3.00. The summed E-state index contributed by atoms with van der Waals surface area (Å²) in [5.74, 6) is 1.89. The van der Waals surface area contributed by atoms with Gasteiger partial charge in [0.2, 0.25) is 0 Å². The van der Waals surface area contributed by atoms with Crippen LogP contribution in [0.25, 0.3) is 0 Å². The van der Waals surface area contributed by atoms with Crippen molar-refractivity contribution in [1.82, 2.24) is 10.2 Å². The van der Waals surface area contributed by atoms with Gasteiger partial charge in [-0.3, -0.25) is 0 Å². The van der Waals surface area contributed by atoms with Crippen molar-refractivity contribution in [1.29, 1.82) is 0 Å². The Morgan fingerprint density at radius 3 is 2.95 bits per heavy atom. The summed E-state index contributed by atoms with van der Waals surface area (Å²) in [6, 6.07) is 3.90. The highest BCUT2D eigenvalue weighted by atomic mass is 16.3. The Labute approximate surface area is 128 Å². The van der Waals surface area contributed by atoms with Gasteiger partial charge in [-0.2, -0.15) is 0 Å². The first-order valence-corrected chi connectivity index (χ1v) is 7.40. The Kier molecular flexibility index (Phi) is 8.02. The molecular formula is C17H27N3O. The number of unbranched alkanes of at least 4 members (excludes halogenated alkanes) is 1. The first-order chi connectivity index (χ1) is 10.1. The Morgan fingerprint density at radius 1 is 1.52 bits per heavy atom. The maximum Gasteiger partial charge on any atom is 0.193 e. The Bertz CT molecular complexity index is 449. The highest BCUT2D eigenvalue weighted by Gasteiger charge is 2.06. The van der Waals surface area contributed by atoms with Crippen molar-refractivity contribution in [3.05, 3.63) is 49.0 Å². The van der Waals surface area contributed by atoms with Crippen molar-refractivity contribution in [2.24, 2.45) is 4.99 Å². The van der Waals surface area contributed by atoms with Crippen LogP contribution in [0.15, 0.2) is 52.6 Å². The first kappa shape index (κ1) is 17.1. The normalized spacial score (nSPS) is 11.2. The largest absolute Gasteiger partial charge is 0.469 e. The van der Waals surface area contributed by atoms with Crippen molar-refractivity contribution >= 4 is 5.96 Å². The maximum atomic E-state index is 5.33. The van der Waals surface area contributed by atoms with Crippen LogP contribution in [0.4, 0.5) is 0 Å². The summed E-state index contributed by atoms with van der Waals surface area (Å²) in [7, 11) is 2.06. The molecule has 0 unspecified atom stereocenters. The summed E-state index contributed by atoms with van der Waals surface area (Å²) in [6.07, 6.45) is 6.59. The molecule has 21 heavy (non-hydrogen) atoms. The summed E-state index contributed by atoms with van der Waals surface area (Å²) in [6.45, 7) is 12.0. The summed E-state index contributed by atoms with van der Waals surface area (Å²) in [4.78, 5) is 6.74. The van der Waals surface area contributed by atoms with Gasteiger partial charge < -0.3 is 14.6 Å². The van der Waals surface area contributed by atoms with Crippen LogP contribution in [0.2, 0.25) is 0 Å². The van der Waals surface area contributed by atoms with E-state index in [2.05, 4.69) is 35.4 Å². The molecule has 4 heteroatoms. The SMILES string of the molecule is C=CCCCN(C)C(=NCC(=C)C)NCCc1ccco1. The summed E-state index contributed by atoms with van der Waals surface area (Å²) < 4.78 is 5.33. The van der Waals surface area contributed by atoms with Gasteiger partial charge in [0.05, 0.1) is 12.8 Å². The van der Waals surface area contributed by atoms with Crippen LogP contribution in [0, 0.1) is 0 Å². The van der Waals surface area contributed by atoms with E-state index in [9.17, 15) is 0 Å². The van der Waals surface area contributed by atoms with Crippen molar-refractivity contribution in [2.75, 3.05) is 26.7 Å². The summed E-state index contributed by atoms with van der Waals surface area (Å²) in [5, 5.41) is 3.39. The topological polar surface area (TPSA) is 40.8 Å². The molecule has 0 aromatic carbocycles. The Morgan fingerprint density at radius 2 is 2.33 bits per heavy atom. The van der Waals surface area contributed by atoms with Gasteiger partial charge in [-0.05, 0) is 31.9 Å². The number of hydrogen-bond donors (Lipinski definition) is 1. The fourth-order valence-electron chi connectivity index (χ4n) is 1.85. The molecule has 0 atom stereocenters. The lowest BCUT2D eigenvalue weighted by atomic mass is 10.3. The number of nitrogens with one attached hydrogen (secondary N) is 1. The molecule has 1 N–H and O–H groups in total. The molecule has 0 bridgehead atoms. The molecule has 1 aromatic rings. The molecule has 0 spiro atoms. The lowest BCUT2D eigenvalue weighted by Gasteiger charge is -2.22. The van der Waals surface area contributed by atoms with E-state index in [1.54, 1.807) is 6.26 Å².